The quantitative estimate of drug-likeness (QED) is 0.230. The van der Waals surface area contributed by atoms with Crippen molar-refractivity contribution in [2.24, 2.45) is 5.92 Å². The van der Waals surface area contributed by atoms with E-state index in [0.29, 0.717) is 5.92 Å². The van der Waals surface area contributed by atoms with Gasteiger partial charge in [0.2, 0.25) is 0 Å². The number of hydrogen-bond acceptors (Lipinski definition) is 7. The van der Waals surface area contributed by atoms with Gasteiger partial charge in [-0.3, -0.25) is 7.05 Å². The van der Waals surface area contributed by atoms with Gasteiger partial charge in [0.05, 0.1) is 5.41 Å². The molecule has 3 N–H and O–H groups in total. The van der Waals surface area contributed by atoms with Crippen molar-refractivity contribution < 1.29 is 31.4 Å². The number of tetrazole rings is 1. The minimum Gasteiger partial charge on any atom is -0.459 e. The number of aromatic nitrogens is 4. The third-order valence-corrected chi connectivity index (χ3v) is 4.60. The van der Waals surface area contributed by atoms with Crippen LogP contribution in [0.4, 0.5) is 0 Å². The zero-order valence-electron chi connectivity index (χ0n) is 14.1. The fraction of sp³-hybridized carbons (Fsp3) is 0.467. The molecule has 1 aromatic carbocycles. The summed E-state index contributed by atoms with van der Waals surface area (Å²) in [6, 6.07) is 10.5. The monoisotopic (exact) mass is 535 g/mol. The second-order valence-electron chi connectivity index (χ2n) is 5.82. The molecule has 3 rings (SSSR count). The van der Waals surface area contributed by atoms with Crippen molar-refractivity contribution in [3.63, 3.8) is 0 Å². The Labute approximate surface area is 164 Å². The number of benzene rings is 1. The van der Waals surface area contributed by atoms with Gasteiger partial charge in [-0.2, -0.15) is 10.0 Å². The van der Waals surface area contributed by atoms with Crippen LogP contribution in [-0.4, -0.2) is 55.0 Å². The van der Waals surface area contributed by atoms with E-state index >= 15 is 0 Å². The Hall–Kier alpha value is -0.752. The van der Waals surface area contributed by atoms with Gasteiger partial charge in [0.25, 0.3) is 0 Å². The Morgan fingerprint density at radius 1 is 1.40 bits per heavy atom. The first kappa shape index (κ1) is 22.3. The second kappa shape index (κ2) is 10.4. The zero-order valence-corrected chi connectivity index (χ0v) is 18.2. The van der Waals surface area contributed by atoms with Crippen molar-refractivity contribution in [3.8, 4) is 0 Å². The Morgan fingerprint density at radius 3 is 2.52 bits per heavy atom. The van der Waals surface area contributed by atoms with Gasteiger partial charge < -0.3 is 15.2 Å². The van der Waals surface area contributed by atoms with E-state index in [1.165, 1.54) is 15.6 Å². The normalized spacial score (nSPS) is 23.3. The third kappa shape index (κ3) is 5.13. The first-order valence-electron chi connectivity index (χ1n) is 7.69. The third-order valence-electron chi connectivity index (χ3n) is 4.38. The number of aliphatic hydroxyl groups excluding tert-OH is 1. The molecule has 3 unspecified atom stereocenters. The number of likely N-dealkylation sites (tertiary alicyclic amines) is 1. The molecule has 1 saturated heterocycles. The summed E-state index contributed by atoms with van der Waals surface area (Å²) >= 11 is 0. The maximum Gasteiger partial charge on any atom is 0.185 e. The standard InChI is InChI=1S/C14H19N5P.CH5NO2.W/c1-11-10-18(2)9-8-14(11,12-6-4-3-5-7-12)13-15-17-19(20)16-13;3-1-2-4;/h3-7,11H,2,8-10,20H2,1H3;2-4H,1H2;/q-1;;. The van der Waals surface area contributed by atoms with Crippen LogP contribution in [0.2, 0.25) is 0 Å². The van der Waals surface area contributed by atoms with Gasteiger partial charge in [0, 0.05) is 30.5 Å². The number of hydroxylamine groups is 1. The van der Waals surface area contributed by atoms with Crippen LogP contribution < -0.4 is 5.48 Å². The van der Waals surface area contributed by atoms with E-state index < -0.39 is 0 Å². The summed E-state index contributed by atoms with van der Waals surface area (Å²) in [7, 11) is 6.52. The van der Waals surface area contributed by atoms with E-state index in [0.717, 1.165) is 25.3 Å². The van der Waals surface area contributed by atoms with E-state index in [1.807, 2.05) is 6.07 Å². The van der Waals surface area contributed by atoms with Crippen molar-refractivity contribution in [2.75, 3.05) is 19.8 Å². The summed E-state index contributed by atoms with van der Waals surface area (Å²) in [6.07, 6.45) is 0.956. The molecule has 0 spiro atoms. The van der Waals surface area contributed by atoms with Crippen LogP contribution in [0.3, 0.4) is 0 Å². The van der Waals surface area contributed by atoms with Crippen LogP contribution in [0.5, 0.6) is 0 Å². The van der Waals surface area contributed by atoms with Gasteiger partial charge in [-0.1, -0.05) is 37.3 Å². The summed E-state index contributed by atoms with van der Waals surface area (Å²) < 4.78 is 1.46. The van der Waals surface area contributed by atoms with E-state index in [9.17, 15) is 0 Å². The summed E-state index contributed by atoms with van der Waals surface area (Å²) in [5, 5.41) is 27.7. The van der Waals surface area contributed by atoms with E-state index in [2.05, 4.69) is 67.9 Å². The van der Waals surface area contributed by atoms with Crippen LogP contribution in [0.25, 0.3) is 0 Å². The van der Waals surface area contributed by atoms with Gasteiger partial charge in [0.15, 0.2) is 5.82 Å². The summed E-state index contributed by atoms with van der Waals surface area (Å²) in [6.45, 7) is 3.73. The molecule has 1 aliphatic rings. The molecule has 0 saturated carbocycles. The van der Waals surface area contributed by atoms with Gasteiger partial charge in [0.1, 0.15) is 6.73 Å². The summed E-state index contributed by atoms with van der Waals surface area (Å²) in [4.78, 5) is 2.12. The summed E-state index contributed by atoms with van der Waals surface area (Å²) in [5.74, 6) is 1.18. The number of nitrogens with zero attached hydrogens (tertiary/aromatic N) is 5. The van der Waals surface area contributed by atoms with Gasteiger partial charge >= 0.3 is 0 Å². The van der Waals surface area contributed by atoms with Crippen molar-refractivity contribution in [2.45, 2.75) is 18.8 Å². The van der Waals surface area contributed by atoms with E-state index in [1.54, 1.807) is 0 Å². The smallest absolute Gasteiger partial charge is 0.185 e. The Bertz CT molecular complexity index is 629. The molecule has 2 aromatic rings. The van der Waals surface area contributed by atoms with Crippen LogP contribution >= 0.6 is 9.39 Å². The first-order chi connectivity index (χ1) is 11.5. The van der Waals surface area contributed by atoms with Crippen molar-refractivity contribution in [3.05, 3.63) is 48.8 Å². The van der Waals surface area contributed by atoms with Crippen LogP contribution in [0, 0.1) is 13.0 Å². The molecule has 8 nitrogen and oxygen atoms in total. The molecule has 0 amide bonds. The molecular formula is C15H24N6O2PW-. The maximum atomic E-state index is 7.51. The SMILES string of the molecule is OCNO.[CH2-]N1CCC(c2ccccc2)(c2nnn(P)n2)C(C)C1.[W]. The molecular weight excluding hydrogens is 511 g/mol. The Morgan fingerprint density at radius 2 is 2.04 bits per heavy atom. The number of aliphatic hydroxyl groups is 1. The molecule has 2 heterocycles. The fourth-order valence-corrected chi connectivity index (χ4v) is 3.41. The van der Waals surface area contributed by atoms with Crippen molar-refractivity contribution >= 4 is 9.39 Å². The molecule has 0 radical (unpaired) electrons. The average molecular weight is 535 g/mol. The van der Waals surface area contributed by atoms with Crippen molar-refractivity contribution in [1.29, 1.82) is 0 Å². The Kier molecular flexibility index (Phi) is 9.28. The molecule has 3 atom stereocenters. The predicted molar refractivity (Wildman–Crippen MR) is 92.9 cm³/mol. The molecule has 1 aromatic heterocycles. The largest absolute Gasteiger partial charge is 0.459 e. The van der Waals surface area contributed by atoms with Crippen LogP contribution in [0.1, 0.15) is 24.7 Å². The summed E-state index contributed by atoms with van der Waals surface area (Å²) in [5.41, 5.74) is 2.57. The molecule has 0 aliphatic carbocycles. The molecule has 1 aliphatic heterocycles. The molecule has 1 fully saturated rings. The number of hydrogen-bond donors (Lipinski definition) is 3. The van der Waals surface area contributed by atoms with Crippen molar-refractivity contribution in [1.82, 2.24) is 30.4 Å². The first-order valence-corrected chi connectivity index (χ1v) is 8.20. The predicted octanol–water partition coefficient (Wildman–Crippen LogP) is 0.643. The maximum absolute atomic E-state index is 7.51. The second-order valence-corrected chi connectivity index (χ2v) is 6.28. The topological polar surface area (TPSA) is 99.3 Å². The Balaban J connectivity index is 0.000000568. The van der Waals surface area contributed by atoms with Gasteiger partial charge in [-0.25, -0.2) is 0 Å². The number of rotatable bonds is 3. The average Bonchev–Trinajstić information content (AvgIpc) is 3.03. The minimum atomic E-state index is -0.375. The fourth-order valence-electron chi connectivity index (χ4n) is 3.24. The van der Waals surface area contributed by atoms with E-state index in [4.69, 9.17) is 10.3 Å². The molecule has 25 heavy (non-hydrogen) atoms. The molecule has 0 bridgehead atoms. The van der Waals surface area contributed by atoms with Gasteiger partial charge in [-0.15, -0.1) is 10.2 Å². The van der Waals surface area contributed by atoms with E-state index in [-0.39, 0.29) is 33.2 Å². The number of nitrogens with one attached hydrogen (secondary N) is 1. The van der Waals surface area contributed by atoms with Crippen LogP contribution in [0.15, 0.2) is 30.3 Å². The molecule has 10 heteroatoms. The number of piperidine rings is 1. The van der Waals surface area contributed by atoms with Crippen LogP contribution in [-0.2, 0) is 26.5 Å². The van der Waals surface area contributed by atoms with Gasteiger partial charge in [-0.05, 0) is 36.2 Å². The molecule has 138 valence electrons. The minimum absolute atomic E-state index is 0. The zero-order chi connectivity index (χ0) is 17.6.